The number of imidazole rings is 1. The highest BCUT2D eigenvalue weighted by Crippen LogP contribution is 2.17. The van der Waals surface area contributed by atoms with E-state index in [4.69, 9.17) is 9.72 Å². The number of aryl methyl sites for hydroxylation is 1. The van der Waals surface area contributed by atoms with E-state index >= 15 is 0 Å². The van der Waals surface area contributed by atoms with Crippen molar-refractivity contribution in [1.29, 1.82) is 0 Å². The molecule has 2 N–H and O–H groups in total. The van der Waals surface area contributed by atoms with Crippen LogP contribution in [0.15, 0.2) is 0 Å². The summed E-state index contributed by atoms with van der Waals surface area (Å²) in [6, 6.07) is 0. The van der Waals surface area contributed by atoms with Crippen LogP contribution in [0.25, 0.3) is 0 Å². The van der Waals surface area contributed by atoms with E-state index < -0.39 is 0 Å². The summed E-state index contributed by atoms with van der Waals surface area (Å²) in [5.41, 5.74) is 2.46. The van der Waals surface area contributed by atoms with Crippen LogP contribution in [0.3, 0.4) is 0 Å². The van der Waals surface area contributed by atoms with Gasteiger partial charge < -0.3 is 19.9 Å². The first kappa shape index (κ1) is 16.0. The van der Waals surface area contributed by atoms with Gasteiger partial charge in [-0.1, -0.05) is 6.92 Å². The molecule has 1 aromatic rings. The van der Waals surface area contributed by atoms with Crippen molar-refractivity contribution in [2.24, 2.45) is 0 Å². The minimum absolute atomic E-state index is 0.0749. The molecule has 2 heterocycles. The van der Waals surface area contributed by atoms with Gasteiger partial charge in [0.05, 0.1) is 12.3 Å². The summed E-state index contributed by atoms with van der Waals surface area (Å²) in [6.07, 6.45) is 3.54. The summed E-state index contributed by atoms with van der Waals surface area (Å²) in [5.74, 6) is 1.20. The predicted molar refractivity (Wildman–Crippen MR) is 81.1 cm³/mol. The molecule has 2 rings (SSSR count). The largest absolute Gasteiger partial charge is 0.383 e. The van der Waals surface area contributed by atoms with E-state index in [0.717, 1.165) is 50.4 Å². The van der Waals surface area contributed by atoms with Gasteiger partial charge in [0, 0.05) is 58.2 Å². The molecule has 1 amide bonds. The van der Waals surface area contributed by atoms with Gasteiger partial charge in [-0.05, 0) is 6.42 Å². The molecule has 6 nitrogen and oxygen atoms in total. The molecule has 0 bridgehead atoms. The molecule has 118 valence electrons. The number of nitrogens with zero attached hydrogens (tertiary/aromatic N) is 2. The third kappa shape index (κ3) is 4.28. The van der Waals surface area contributed by atoms with Crippen LogP contribution in [-0.4, -0.2) is 42.3 Å². The molecule has 0 saturated heterocycles. The quantitative estimate of drug-likeness (QED) is 0.690. The zero-order valence-electron chi connectivity index (χ0n) is 13.1. The maximum Gasteiger partial charge on any atom is 0.221 e. The Morgan fingerprint density at radius 2 is 2.38 bits per heavy atom. The smallest absolute Gasteiger partial charge is 0.221 e. The van der Waals surface area contributed by atoms with Gasteiger partial charge in [-0.3, -0.25) is 4.79 Å². The van der Waals surface area contributed by atoms with E-state index in [1.54, 1.807) is 7.11 Å². The zero-order valence-corrected chi connectivity index (χ0v) is 13.1. The monoisotopic (exact) mass is 294 g/mol. The van der Waals surface area contributed by atoms with E-state index in [1.165, 1.54) is 5.69 Å². The Hall–Kier alpha value is -1.40. The SMILES string of the molecule is CCCc1nc2c(n1CCC(=O)NCCOC)CCNC2. The highest BCUT2D eigenvalue weighted by molar-refractivity contribution is 5.75. The summed E-state index contributed by atoms with van der Waals surface area (Å²) in [4.78, 5) is 16.6. The summed E-state index contributed by atoms with van der Waals surface area (Å²) in [7, 11) is 1.63. The lowest BCUT2D eigenvalue weighted by Gasteiger charge is -2.16. The van der Waals surface area contributed by atoms with Gasteiger partial charge >= 0.3 is 0 Å². The van der Waals surface area contributed by atoms with Crippen molar-refractivity contribution in [2.75, 3.05) is 26.8 Å². The van der Waals surface area contributed by atoms with Crippen LogP contribution in [0.4, 0.5) is 0 Å². The fourth-order valence-electron chi connectivity index (χ4n) is 2.70. The molecule has 1 aromatic heterocycles. The number of amides is 1. The number of carbonyl (C=O) groups is 1. The van der Waals surface area contributed by atoms with Gasteiger partial charge in [0.25, 0.3) is 0 Å². The van der Waals surface area contributed by atoms with Crippen molar-refractivity contribution in [1.82, 2.24) is 20.2 Å². The molecular formula is C15H26N4O2. The average Bonchev–Trinajstić information content (AvgIpc) is 2.83. The Morgan fingerprint density at radius 3 is 3.14 bits per heavy atom. The fourth-order valence-corrected chi connectivity index (χ4v) is 2.70. The van der Waals surface area contributed by atoms with E-state index in [9.17, 15) is 4.79 Å². The number of hydrogen-bond acceptors (Lipinski definition) is 4. The second-order valence-electron chi connectivity index (χ2n) is 5.34. The molecule has 1 aliphatic heterocycles. The number of aromatic nitrogens is 2. The molecule has 0 fully saturated rings. The number of ether oxygens (including phenoxy) is 1. The highest BCUT2D eigenvalue weighted by atomic mass is 16.5. The van der Waals surface area contributed by atoms with Gasteiger partial charge in [-0.15, -0.1) is 0 Å². The van der Waals surface area contributed by atoms with Crippen LogP contribution in [0.2, 0.25) is 0 Å². The second kappa shape index (κ2) is 8.14. The number of fused-ring (bicyclic) bond motifs is 1. The molecule has 1 aliphatic rings. The molecule has 0 aliphatic carbocycles. The first-order chi connectivity index (χ1) is 10.3. The van der Waals surface area contributed by atoms with Gasteiger partial charge in [-0.2, -0.15) is 0 Å². The van der Waals surface area contributed by atoms with Gasteiger partial charge in [0.1, 0.15) is 5.82 Å². The normalized spacial score (nSPS) is 14.0. The molecule has 0 unspecified atom stereocenters. The van der Waals surface area contributed by atoms with Crippen LogP contribution >= 0.6 is 0 Å². The third-order valence-electron chi connectivity index (χ3n) is 3.73. The third-order valence-corrected chi connectivity index (χ3v) is 3.73. The summed E-state index contributed by atoms with van der Waals surface area (Å²) in [6.45, 7) is 5.84. The zero-order chi connectivity index (χ0) is 15.1. The lowest BCUT2D eigenvalue weighted by Crippen LogP contribution is -2.29. The second-order valence-corrected chi connectivity index (χ2v) is 5.34. The van der Waals surface area contributed by atoms with Crippen molar-refractivity contribution in [3.8, 4) is 0 Å². The van der Waals surface area contributed by atoms with Crippen LogP contribution in [0, 0.1) is 0 Å². The topological polar surface area (TPSA) is 68.2 Å². The van der Waals surface area contributed by atoms with Crippen molar-refractivity contribution < 1.29 is 9.53 Å². The van der Waals surface area contributed by atoms with Gasteiger partial charge in [0.15, 0.2) is 0 Å². The minimum atomic E-state index is 0.0749. The summed E-state index contributed by atoms with van der Waals surface area (Å²) >= 11 is 0. The fraction of sp³-hybridized carbons (Fsp3) is 0.733. The van der Waals surface area contributed by atoms with E-state index in [0.29, 0.717) is 19.6 Å². The first-order valence-electron chi connectivity index (χ1n) is 7.79. The Bertz CT molecular complexity index is 470. The van der Waals surface area contributed by atoms with Gasteiger partial charge in [0.2, 0.25) is 5.91 Å². The van der Waals surface area contributed by atoms with Crippen molar-refractivity contribution in [3.05, 3.63) is 17.2 Å². The lowest BCUT2D eigenvalue weighted by molar-refractivity contribution is -0.121. The molecular weight excluding hydrogens is 268 g/mol. The highest BCUT2D eigenvalue weighted by Gasteiger charge is 2.19. The number of hydrogen-bond donors (Lipinski definition) is 2. The van der Waals surface area contributed by atoms with Crippen molar-refractivity contribution >= 4 is 5.91 Å². The molecule has 21 heavy (non-hydrogen) atoms. The number of nitrogens with one attached hydrogen (secondary N) is 2. The Labute approximate surface area is 126 Å². The number of methoxy groups -OCH3 is 1. The van der Waals surface area contributed by atoms with E-state index in [-0.39, 0.29) is 5.91 Å². The van der Waals surface area contributed by atoms with Crippen LogP contribution < -0.4 is 10.6 Å². The van der Waals surface area contributed by atoms with Crippen molar-refractivity contribution in [2.45, 2.75) is 45.7 Å². The van der Waals surface area contributed by atoms with Crippen LogP contribution in [0.5, 0.6) is 0 Å². The maximum absolute atomic E-state index is 11.8. The Kier molecular flexibility index (Phi) is 6.20. The lowest BCUT2D eigenvalue weighted by atomic mass is 10.2. The summed E-state index contributed by atoms with van der Waals surface area (Å²) in [5, 5.41) is 6.22. The first-order valence-corrected chi connectivity index (χ1v) is 7.79. The average molecular weight is 294 g/mol. The number of rotatable bonds is 8. The van der Waals surface area contributed by atoms with Crippen LogP contribution in [-0.2, 0) is 35.5 Å². The molecule has 0 atom stereocenters. The van der Waals surface area contributed by atoms with Gasteiger partial charge in [-0.25, -0.2) is 4.98 Å². The molecule has 0 aromatic carbocycles. The molecule has 6 heteroatoms. The Morgan fingerprint density at radius 1 is 1.52 bits per heavy atom. The minimum Gasteiger partial charge on any atom is -0.383 e. The standard InChI is InChI=1S/C15H26N4O2/c1-3-4-14-18-12-11-16-7-5-13(12)19(14)9-6-15(20)17-8-10-21-2/h16H,3-11H2,1-2H3,(H,17,20). The maximum atomic E-state index is 11.8. The van der Waals surface area contributed by atoms with Crippen LogP contribution in [0.1, 0.15) is 37.0 Å². The van der Waals surface area contributed by atoms with E-state index in [1.807, 2.05) is 0 Å². The number of carbonyl (C=O) groups excluding carboxylic acids is 1. The Balaban J connectivity index is 1.97. The molecule has 0 radical (unpaired) electrons. The van der Waals surface area contributed by atoms with Crippen molar-refractivity contribution in [3.63, 3.8) is 0 Å². The molecule has 0 saturated carbocycles. The summed E-state index contributed by atoms with van der Waals surface area (Å²) < 4.78 is 7.19. The molecule has 0 spiro atoms. The predicted octanol–water partition coefficient (Wildman–Crippen LogP) is 0.634. The van der Waals surface area contributed by atoms with E-state index in [2.05, 4.69) is 22.1 Å².